The van der Waals surface area contributed by atoms with Gasteiger partial charge in [-0.05, 0) is 12.1 Å². The fourth-order valence-corrected chi connectivity index (χ4v) is 2.15. The molecule has 1 aliphatic heterocycles. The summed E-state index contributed by atoms with van der Waals surface area (Å²) in [6.45, 7) is 2.47. The maximum atomic E-state index is 13.4. The molecule has 22 heavy (non-hydrogen) atoms. The van der Waals surface area contributed by atoms with Crippen molar-refractivity contribution in [1.29, 1.82) is 0 Å². The van der Waals surface area contributed by atoms with Crippen LogP contribution in [-0.2, 0) is 14.4 Å². The van der Waals surface area contributed by atoms with Gasteiger partial charge >= 0.3 is 11.8 Å². The van der Waals surface area contributed by atoms with Crippen LogP contribution in [0.1, 0.15) is 6.92 Å². The van der Waals surface area contributed by atoms with E-state index < -0.39 is 29.1 Å². The average Bonchev–Trinajstić information content (AvgIpc) is 2.50. The van der Waals surface area contributed by atoms with E-state index in [-0.39, 0.29) is 19.0 Å². The fraction of sp³-hybridized carbons (Fsp3) is 0.357. The number of nitrogens with one attached hydrogen (secondary N) is 1. The maximum absolute atomic E-state index is 13.4. The lowest BCUT2D eigenvalue weighted by molar-refractivity contribution is -0.145. The van der Waals surface area contributed by atoms with Crippen molar-refractivity contribution >= 4 is 23.4 Å². The number of rotatable bonds is 1. The summed E-state index contributed by atoms with van der Waals surface area (Å²) in [6.07, 6.45) is 0. The van der Waals surface area contributed by atoms with E-state index in [0.717, 1.165) is 18.2 Å². The molecule has 0 radical (unpaired) electrons. The second kappa shape index (κ2) is 6.50. The molecule has 8 heteroatoms. The molecule has 0 aliphatic carbocycles. The fourth-order valence-electron chi connectivity index (χ4n) is 2.15. The smallest absolute Gasteiger partial charge is 0.314 e. The van der Waals surface area contributed by atoms with E-state index in [4.69, 9.17) is 0 Å². The Kier molecular flexibility index (Phi) is 4.69. The summed E-state index contributed by atoms with van der Waals surface area (Å²) in [5.41, 5.74) is -0.650. The highest BCUT2D eigenvalue weighted by Gasteiger charge is 2.27. The van der Waals surface area contributed by atoms with E-state index in [9.17, 15) is 23.2 Å². The van der Waals surface area contributed by atoms with Crippen molar-refractivity contribution in [2.24, 2.45) is 0 Å². The van der Waals surface area contributed by atoms with E-state index in [1.807, 2.05) is 5.32 Å². The number of benzene rings is 1. The molecule has 0 atom stereocenters. The summed E-state index contributed by atoms with van der Waals surface area (Å²) < 4.78 is 26.9. The van der Waals surface area contributed by atoms with Crippen molar-refractivity contribution < 1.29 is 23.2 Å². The monoisotopic (exact) mass is 311 g/mol. The van der Waals surface area contributed by atoms with Crippen molar-refractivity contribution in [2.75, 3.05) is 31.5 Å². The summed E-state index contributed by atoms with van der Waals surface area (Å²) in [5, 5.41) is 1.95. The molecule has 1 N–H and O–H groups in total. The number of piperazine rings is 1. The van der Waals surface area contributed by atoms with Gasteiger partial charge in [0.15, 0.2) is 0 Å². The zero-order chi connectivity index (χ0) is 16.3. The highest BCUT2D eigenvalue weighted by molar-refractivity contribution is 6.39. The predicted molar refractivity (Wildman–Crippen MR) is 73.8 cm³/mol. The van der Waals surface area contributed by atoms with Crippen LogP contribution >= 0.6 is 0 Å². The molecule has 0 unspecified atom stereocenters. The number of carbonyl (C=O) groups excluding carboxylic acids is 3. The van der Waals surface area contributed by atoms with Crippen molar-refractivity contribution in [2.45, 2.75) is 6.92 Å². The van der Waals surface area contributed by atoms with Gasteiger partial charge in [-0.1, -0.05) is 6.07 Å². The standard InChI is InChI=1S/C14H15F2N3O3/c1-9(20)18-5-7-19(8-6-18)14(22)13(21)17-12-10(15)3-2-4-11(12)16/h2-4H,5-8H2,1H3,(H,17,21). The molecule has 1 saturated heterocycles. The number of para-hydroxylation sites is 1. The van der Waals surface area contributed by atoms with Crippen LogP contribution in [-0.4, -0.2) is 53.7 Å². The lowest BCUT2D eigenvalue weighted by Crippen LogP contribution is -2.52. The summed E-state index contributed by atoms with van der Waals surface area (Å²) in [4.78, 5) is 37.8. The van der Waals surface area contributed by atoms with Gasteiger partial charge in [-0.15, -0.1) is 0 Å². The van der Waals surface area contributed by atoms with Crippen LogP contribution in [0.15, 0.2) is 18.2 Å². The Morgan fingerprint density at radius 3 is 2.00 bits per heavy atom. The Morgan fingerprint density at radius 2 is 1.50 bits per heavy atom. The first-order valence-corrected chi connectivity index (χ1v) is 6.70. The minimum atomic E-state index is -1.11. The van der Waals surface area contributed by atoms with E-state index in [0.29, 0.717) is 13.1 Å². The minimum absolute atomic E-state index is 0.107. The second-order valence-corrected chi connectivity index (χ2v) is 4.85. The molecule has 1 aromatic carbocycles. The van der Waals surface area contributed by atoms with Crippen LogP contribution in [0.25, 0.3) is 0 Å². The van der Waals surface area contributed by atoms with Gasteiger partial charge < -0.3 is 15.1 Å². The van der Waals surface area contributed by atoms with Gasteiger partial charge in [0.2, 0.25) is 5.91 Å². The summed E-state index contributed by atoms with van der Waals surface area (Å²) in [5.74, 6) is -4.01. The van der Waals surface area contributed by atoms with Crippen molar-refractivity contribution in [3.63, 3.8) is 0 Å². The molecule has 0 spiro atoms. The van der Waals surface area contributed by atoms with E-state index in [1.54, 1.807) is 4.90 Å². The third-order valence-corrected chi connectivity index (χ3v) is 3.41. The Balaban J connectivity index is 1.99. The zero-order valence-electron chi connectivity index (χ0n) is 11.9. The van der Waals surface area contributed by atoms with Gasteiger partial charge in [-0.2, -0.15) is 0 Å². The van der Waals surface area contributed by atoms with Crippen LogP contribution in [0.4, 0.5) is 14.5 Å². The van der Waals surface area contributed by atoms with Crippen LogP contribution in [0.5, 0.6) is 0 Å². The van der Waals surface area contributed by atoms with E-state index in [2.05, 4.69) is 0 Å². The molecule has 0 aromatic heterocycles. The van der Waals surface area contributed by atoms with E-state index in [1.165, 1.54) is 11.8 Å². The van der Waals surface area contributed by atoms with Crippen LogP contribution in [0.3, 0.4) is 0 Å². The maximum Gasteiger partial charge on any atom is 0.314 e. The van der Waals surface area contributed by atoms with Gasteiger partial charge in [-0.3, -0.25) is 14.4 Å². The highest BCUT2D eigenvalue weighted by atomic mass is 19.1. The average molecular weight is 311 g/mol. The molecule has 1 aliphatic rings. The first-order chi connectivity index (χ1) is 10.4. The largest absolute Gasteiger partial charge is 0.339 e. The Labute approximate surface area is 125 Å². The number of amides is 3. The third-order valence-electron chi connectivity index (χ3n) is 3.41. The number of carbonyl (C=O) groups is 3. The van der Waals surface area contributed by atoms with Gasteiger partial charge in [0.1, 0.15) is 17.3 Å². The summed E-state index contributed by atoms with van der Waals surface area (Å²) in [6, 6.07) is 3.12. The number of hydrogen-bond donors (Lipinski definition) is 1. The van der Waals surface area contributed by atoms with Crippen LogP contribution in [0.2, 0.25) is 0 Å². The molecule has 1 aromatic rings. The summed E-state index contributed by atoms with van der Waals surface area (Å²) >= 11 is 0. The van der Waals surface area contributed by atoms with Gasteiger partial charge in [-0.25, -0.2) is 8.78 Å². The van der Waals surface area contributed by atoms with Crippen molar-refractivity contribution in [3.8, 4) is 0 Å². The molecule has 0 saturated carbocycles. The molecule has 6 nitrogen and oxygen atoms in total. The molecule has 2 rings (SSSR count). The van der Waals surface area contributed by atoms with Crippen LogP contribution in [0, 0.1) is 11.6 Å². The normalized spacial score (nSPS) is 14.7. The third kappa shape index (κ3) is 3.38. The number of nitrogens with zero attached hydrogens (tertiary/aromatic N) is 2. The zero-order valence-corrected chi connectivity index (χ0v) is 11.9. The molecule has 3 amide bonds. The second-order valence-electron chi connectivity index (χ2n) is 4.85. The molecular formula is C14H15F2N3O3. The number of halogens is 2. The predicted octanol–water partition coefficient (Wildman–Crippen LogP) is 0.594. The topological polar surface area (TPSA) is 69.7 Å². The first kappa shape index (κ1) is 15.9. The van der Waals surface area contributed by atoms with Gasteiger partial charge in [0, 0.05) is 33.1 Å². The Bertz CT molecular complexity index is 593. The minimum Gasteiger partial charge on any atom is -0.339 e. The first-order valence-electron chi connectivity index (χ1n) is 6.70. The highest BCUT2D eigenvalue weighted by Crippen LogP contribution is 2.18. The van der Waals surface area contributed by atoms with Gasteiger partial charge in [0.25, 0.3) is 0 Å². The van der Waals surface area contributed by atoms with Crippen molar-refractivity contribution in [1.82, 2.24) is 9.80 Å². The number of anilines is 1. The number of hydrogen-bond acceptors (Lipinski definition) is 3. The quantitative estimate of drug-likeness (QED) is 0.772. The molecule has 0 bridgehead atoms. The Morgan fingerprint density at radius 1 is 1.00 bits per heavy atom. The van der Waals surface area contributed by atoms with E-state index >= 15 is 0 Å². The molecule has 1 heterocycles. The lowest BCUT2D eigenvalue weighted by atomic mass is 10.2. The van der Waals surface area contributed by atoms with Crippen LogP contribution < -0.4 is 5.32 Å². The molecule has 118 valence electrons. The molecular weight excluding hydrogens is 296 g/mol. The van der Waals surface area contributed by atoms with Gasteiger partial charge in [0.05, 0.1) is 0 Å². The SMILES string of the molecule is CC(=O)N1CCN(C(=O)C(=O)Nc2c(F)cccc2F)CC1. The Hall–Kier alpha value is -2.51. The summed E-state index contributed by atoms with van der Waals surface area (Å²) in [7, 11) is 0. The molecule has 1 fully saturated rings. The lowest BCUT2D eigenvalue weighted by Gasteiger charge is -2.33. The van der Waals surface area contributed by atoms with Crippen molar-refractivity contribution in [3.05, 3.63) is 29.8 Å².